The number of hydrogen-bond acceptors (Lipinski definition) is 6. The van der Waals surface area contributed by atoms with Crippen molar-refractivity contribution in [3.8, 4) is 0 Å². The fourth-order valence-corrected chi connectivity index (χ4v) is 4.20. The first-order valence-electron chi connectivity index (χ1n) is 9.27. The molecule has 152 valence electrons. The van der Waals surface area contributed by atoms with Crippen LogP contribution in [0, 0.1) is 6.92 Å². The largest absolute Gasteiger partial charge is 0.387 e. The summed E-state index contributed by atoms with van der Waals surface area (Å²) in [5.41, 5.74) is 2.06. The van der Waals surface area contributed by atoms with Gasteiger partial charge >= 0.3 is 0 Å². The Hall–Kier alpha value is -2.46. The van der Waals surface area contributed by atoms with E-state index >= 15 is 0 Å². The van der Waals surface area contributed by atoms with E-state index in [-0.39, 0.29) is 12.0 Å². The maximum Gasteiger partial charge on any atom is 0.277 e. The van der Waals surface area contributed by atoms with Gasteiger partial charge in [-0.25, -0.2) is 18.7 Å². The summed E-state index contributed by atoms with van der Waals surface area (Å²) in [5, 5.41) is 32.6. The lowest BCUT2D eigenvalue weighted by Crippen LogP contribution is -2.35. The van der Waals surface area contributed by atoms with Crippen molar-refractivity contribution in [3.05, 3.63) is 59.2 Å². The highest BCUT2D eigenvalue weighted by Gasteiger charge is 2.48. The fourth-order valence-electron chi connectivity index (χ4n) is 4.20. The monoisotopic (exact) mass is 403 g/mol. The lowest BCUT2D eigenvalue weighted by molar-refractivity contribution is -0.0850. The molecular formula is C20H19F2N3O4. The van der Waals surface area contributed by atoms with E-state index < -0.39 is 36.6 Å². The Bertz CT molecular complexity index is 1100. The number of halogens is 2. The molecule has 3 aromatic rings. The molecule has 0 saturated carbocycles. The summed E-state index contributed by atoms with van der Waals surface area (Å²) < 4.78 is 34.4. The van der Waals surface area contributed by atoms with Crippen LogP contribution in [0.15, 0.2) is 36.8 Å². The Kier molecular flexibility index (Phi) is 4.01. The van der Waals surface area contributed by atoms with Gasteiger partial charge in [0.05, 0.1) is 5.69 Å². The quantitative estimate of drug-likeness (QED) is 0.616. The first-order valence-corrected chi connectivity index (χ1v) is 9.27. The average Bonchev–Trinajstić information content (AvgIpc) is 3.23. The number of aryl methyl sites for hydroxylation is 1. The zero-order valence-corrected chi connectivity index (χ0v) is 15.4. The molecule has 29 heavy (non-hydrogen) atoms. The molecule has 1 aliphatic carbocycles. The lowest BCUT2D eigenvalue weighted by atomic mass is 9.82. The third kappa shape index (κ3) is 2.69. The molecule has 9 heteroatoms. The molecule has 3 N–H and O–H groups in total. The Labute approximate surface area is 164 Å². The van der Waals surface area contributed by atoms with Crippen LogP contribution in [0.25, 0.3) is 11.0 Å². The number of fused-ring (bicyclic) bond motifs is 2. The van der Waals surface area contributed by atoms with E-state index in [1.165, 1.54) is 24.5 Å². The molecule has 1 unspecified atom stereocenters. The molecule has 0 spiro atoms. The maximum atomic E-state index is 13.5. The Morgan fingerprint density at radius 2 is 2.00 bits per heavy atom. The number of aromatic nitrogens is 3. The third-order valence-electron chi connectivity index (χ3n) is 5.85. The minimum Gasteiger partial charge on any atom is -0.387 e. The molecule has 5 atom stereocenters. The van der Waals surface area contributed by atoms with Crippen molar-refractivity contribution < 1.29 is 28.8 Å². The first kappa shape index (κ1) is 18.6. The molecule has 3 heterocycles. The summed E-state index contributed by atoms with van der Waals surface area (Å²) in [6.07, 6.45) is -3.37. The highest BCUT2D eigenvalue weighted by Crippen LogP contribution is 2.45. The van der Waals surface area contributed by atoms with Crippen LogP contribution in [-0.2, 0) is 17.1 Å². The van der Waals surface area contributed by atoms with Gasteiger partial charge in [0.25, 0.3) is 5.92 Å². The standard InChI is InChI=1S/C20H19F2N3O4/c1-9-12-4-5-25(18(12)24-8-23-9)19-16(28)15(27)17(29-19)14(26)10-2-3-13-11(6-10)7-20(13,21)22/h2-6,8,14-17,19,26-28H,7H2,1H3/t14?,15-,16+,17+,19+/m0/s1. The molecule has 2 aromatic heterocycles. The van der Waals surface area contributed by atoms with Crippen LogP contribution in [0.1, 0.15) is 34.7 Å². The zero-order chi connectivity index (χ0) is 20.5. The number of hydrogen-bond donors (Lipinski definition) is 3. The molecule has 1 aromatic carbocycles. The van der Waals surface area contributed by atoms with Crippen LogP contribution in [0.4, 0.5) is 8.78 Å². The van der Waals surface area contributed by atoms with Gasteiger partial charge in [0.2, 0.25) is 0 Å². The van der Waals surface area contributed by atoms with Crippen LogP contribution < -0.4 is 0 Å². The summed E-state index contributed by atoms with van der Waals surface area (Å²) in [5.74, 6) is -2.83. The van der Waals surface area contributed by atoms with Gasteiger partial charge < -0.3 is 24.6 Å². The second-order valence-electron chi connectivity index (χ2n) is 7.63. The third-order valence-corrected chi connectivity index (χ3v) is 5.85. The Morgan fingerprint density at radius 3 is 2.72 bits per heavy atom. The Balaban J connectivity index is 1.44. The van der Waals surface area contributed by atoms with Crippen molar-refractivity contribution >= 4 is 11.0 Å². The molecule has 1 aliphatic heterocycles. The number of ether oxygens (including phenoxy) is 1. The van der Waals surface area contributed by atoms with Gasteiger partial charge in [0, 0.05) is 23.6 Å². The predicted molar refractivity (Wildman–Crippen MR) is 97.2 cm³/mol. The van der Waals surface area contributed by atoms with E-state index in [2.05, 4.69) is 9.97 Å². The molecule has 2 aliphatic rings. The van der Waals surface area contributed by atoms with Crippen LogP contribution in [0.2, 0.25) is 0 Å². The number of nitrogens with zero attached hydrogens (tertiary/aromatic N) is 3. The number of aliphatic hydroxyl groups is 3. The van der Waals surface area contributed by atoms with Crippen LogP contribution >= 0.6 is 0 Å². The minimum absolute atomic E-state index is 0.0480. The number of rotatable bonds is 3. The topological polar surface area (TPSA) is 101 Å². The van der Waals surface area contributed by atoms with E-state index in [0.717, 1.165) is 11.1 Å². The minimum atomic E-state index is -2.83. The number of aliphatic hydroxyl groups excluding tert-OH is 3. The van der Waals surface area contributed by atoms with E-state index in [4.69, 9.17) is 4.74 Å². The first-order chi connectivity index (χ1) is 13.8. The van der Waals surface area contributed by atoms with Crippen LogP contribution in [-0.4, -0.2) is 48.2 Å². The number of alkyl halides is 2. The molecule has 1 saturated heterocycles. The molecule has 1 fully saturated rings. The van der Waals surface area contributed by atoms with Crippen molar-refractivity contribution in [1.82, 2.24) is 14.5 Å². The van der Waals surface area contributed by atoms with Crippen molar-refractivity contribution in [2.24, 2.45) is 0 Å². The van der Waals surface area contributed by atoms with E-state index in [1.54, 1.807) is 16.8 Å². The van der Waals surface area contributed by atoms with Gasteiger partial charge in [-0.2, -0.15) is 0 Å². The van der Waals surface area contributed by atoms with Crippen LogP contribution in [0.3, 0.4) is 0 Å². The molecule has 0 amide bonds. The fraction of sp³-hybridized carbons (Fsp3) is 0.400. The smallest absolute Gasteiger partial charge is 0.277 e. The second kappa shape index (κ2) is 6.27. The second-order valence-corrected chi connectivity index (χ2v) is 7.63. The maximum absolute atomic E-state index is 13.5. The summed E-state index contributed by atoms with van der Waals surface area (Å²) in [4.78, 5) is 8.35. The lowest BCUT2D eigenvalue weighted by Gasteiger charge is -2.31. The van der Waals surface area contributed by atoms with Gasteiger partial charge in [0.15, 0.2) is 6.23 Å². The number of benzene rings is 1. The van der Waals surface area contributed by atoms with Crippen molar-refractivity contribution in [2.75, 3.05) is 0 Å². The van der Waals surface area contributed by atoms with Crippen LogP contribution in [0.5, 0.6) is 0 Å². The average molecular weight is 403 g/mol. The van der Waals surface area contributed by atoms with Gasteiger partial charge in [-0.05, 0) is 24.1 Å². The molecule has 5 rings (SSSR count). The SMILES string of the molecule is Cc1ncnc2c1ccn2[C@@H]1O[C@H](C(O)c2ccc3c(c2)CC3(F)F)[C@@H](O)[C@H]1O. The summed E-state index contributed by atoms with van der Waals surface area (Å²) >= 11 is 0. The Morgan fingerprint density at radius 1 is 1.21 bits per heavy atom. The molecule has 0 radical (unpaired) electrons. The van der Waals surface area contributed by atoms with Crippen molar-refractivity contribution in [3.63, 3.8) is 0 Å². The van der Waals surface area contributed by atoms with E-state index in [9.17, 15) is 24.1 Å². The van der Waals surface area contributed by atoms with Gasteiger partial charge in [-0.3, -0.25) is 0 Å². The summed E-state index contributed by atoms with van der Waals surface area (Å²) in [6.45, 7) is 1.83. The zero-order valence-electron chi connectivity index (χ0n) is 15.4. The predicted octanol–water partition coefficient (Wildman–Crippen LogP) is 1.74. The molecule has 0 bridgehead atoms. The van der Waals surface area contributed by atoms with E-state index in [1.807, 2.05) is 6.92 Å². The molecular weight excluding hydrogens is 384 g/mol. The van der Waals surface area contributed by atoms with Gasteiger partial charge in [-0.15, -0.1) is 0 Å². The highest BCUT2D eigenvalue weighted by atomic mass is 19.3. The highest BCUT2D eigenvalue weighted by molar-refractivity contribution is 5.78. The normalized spacial score (nSPS) is 28.9. The summed E-state index contributed by atoms with van der Waals surface area (Å²) in [6, 6.07) is 5.96. The molecule has 7 nitrogen and oxygen atoms in total. The van der Waals surface area contributed by atoms with Crippen molar-refractivity contribution in [2.45, 2.75) is 49.9 Å². The summed E-state index contributed by atoms with van der Waals surface area (Å²) in [7, 11) is 0. The van der Waals surface area contributed by atoms with Gasteiger partial charge in [-0.1, -0.05) is 18.2 Å². The van der Waals surface area contributed by atoms with E-state index in [0.29, 0.717) is 16.8 Å². The van der Waals surface area contributed by atoms with Crippen molar-refractivity contribution in [1.29, 1.82) is 0 Å². The van der Waals surface area contributed by atoms with Gasteiger partial charge in [0.1, 0.15) is 36.4 Å².